The molecule has 0 saturated heterocycles. The molecule has 0 amide bonds. The third-order valence-corrected chi connectivity index (χ3v) is 11.6. The molecule has 9 aromatic carbocycles. The molecule has 0 fully saturated rings. The molecule has 0 radical (unpaired) electrons. The van der Waals surface area contributed by atoms with Gasteiger partial charge in [0, 0.05) is 5.92 Å². The number of hydrogen-bond donors (Lipinski definition) is 0. The van der Waals surface area contributed by atoms with Gasteiger partial charge in [0.05, 0.1) is 0 Å². The van der Waals surface area contributed by atoms with Crippen LogP contribution in [-0.2, 0) is 6.42 Å². The average molecular weight is 713 g/mol. The van der Waals surface area contributed by atoms with Crippen molar-refractivity contribution in [2.75, 3.05) is 0 Å². The van der Waals surface area contributed by atoms with Crippen molar-refractivity contribution in [2.45, 2.75) is 12.3 Å². The van der Waals surface area contributed by atoms with Crippen molar-refractivity contribution in [3.05, 3.63) is 246 Å². The summed E-state index contributed by atoms with van der Waals surface area (Å²) in [6, 6.07) is 75.1. The maximum absolute atomic E-state index is 4.72. The van der Waals surface area contributed by atoms with Crippen molar-refractivity contribution in [3.8, 4) is 33.4 Å². The molecule has 0 saturated carbocycles. The molecule has 0 aliphatic heterocycles. The maximum atomic E-state index is 4.72. The average Bonchev–Trinajstić information content (AvgIpc) is 3.28. The molecule has 9 aromatic rings. The molecule has 1 aliphatic carbocycles. The summed E-state index contributed by atoms with van der Waals surface area (Å²) < 4.78 is 0. The normalized spacial score (nSPS) is 13.2. The van der Waals surface area contributed by atoms with Crippen molar-refractivity contribution in [1.29, 1.82) is 0 Å². The fourth-order valence-corrected chi connectivity index (χ4v) is 8.93. The van der Waals surface area contributed by atoms with Gasteiger partial charge in [0.15, 0.2) is 0 Å². The molecule has 56 heavy (non-hydrogen) atoms. The third-order valence-electron chi connectivity index (χ3n) is 11.6. The van der Waals surface area contributed by atoms with Crippen LogP contribution in [0.1, 0.15) is 39.3 Å². The van der Waals surface area contributed by atoms with E-state index in [1.54, 1.807) is 0 Å². The lowest BCUT2D eigenvalue weighted by molar-refractivity contribution is 0.842. The predicted octanol–water partition coefficient (Wildman–Crippen LogP) is 14.9. The van der Waals surface area contributed by atoms with Crippen LogP contribution in [0.15, 0.2) is 213 Å². The van der Waals surface area contributed by atoms with E-state index in [-0.39, 0.29) is 5.92 Å². The lowest BCUT2D eigenvalue weighted by Gasteiger charge is -2.29. The summed E-state index contributed by atoms with van der Waals surface area (Å²) >= 11 is 0. The minimum atomic E-state index is 0.234. The van der Waals surface area contributed by atoms with Crippen LogP contribution in [0, 0.1) is 0 Å². The summed E-state index contributed by atoms with van der Waals surface area (Å²) in [5.41, 5.74) is 17.5. The number of benzene rings is 9. The lowest BCUT2D eigenvalue weighted by Crippen LogP contribution is -2.12. The Morgan fingerprint density at radius 3 is 1.41 bits per heavy atom. The first-order chi connectivity index (χ1) is 27.7. The Kier molecular flexibility index (Phi) is 8.58. The molecule has 1 aliphatic rings. The summed E-state index contributed by atoms with van der Waals surface area (Å²) in [5.74, 6) is 0.234. The number of allylic oxidation sites excluding steroid dienone is 1. The first kappa shape index (κ1) is 33.5. The summed E-state index contributed by atoms with van der Waals surface area (Å²) in [6.45, 7) is 4.72. The Balaban J connectivity index is 1.03. The van der Waals surface area contributed by atoms with Gasteiger partial charge in [-0.15, -0.1) is 0 Å². The Hall–Kier alpha value is -7.02. The summed E-state index contributed by atoms with van der Waals surface area (Å²) in [6.07, 6.45) is 3.26. The molecule has 0 heterocycles. The van der Waals surface area contributed by atoms with Crippen molar-refractivity contribution < 1.29 is 0 Å². The van der Waals surface area contributed by atoms with E-state index in [4.69, 9.17) is 6.58 Å². The highest BCUT2D eigenvalue weighted by atomic mass is 14.3. The van der Waals surface area contributed by atoms with Crippen molar-refractivity contribution in [1.82, 2.24) is 0 Å². The van der Waals surface area contributed by atoms with Gasteiger partial charge in [-0.25, -0.2) is 0 Å². The molecule has 10 rings (SSSR count). The van der Waals surface area contributed by atoms with E-state index in [1.807, 2.05) is 0 Å². The second kappa shape index (κ2) is 14.3. The highest BCUT2D eigenvalue weighted by molar-refractivity contribution is 6.21. The van der Waals surface area contributed by atoms with Crippen LogP contribution < -0.4 is 0 Å². The Morgan fingerprint density at radius 2 is 0.857 bits per heavy atom. The van der Waals surface area contributed by atoms with Gasteiger partial charge in [-0.3, -0.25) is 0 Å². The number of hydrogen-bond acceptors (Lipinski definition) is 0. The Morgan fingerprint density at radius 1 is 0.411 bits per heavy atom. The summed E-state index contributed by atoms with van der Waals surface area (Å²) in [5, 5.41) is 5.02. The second-order valence-electron chi connectivity index (χ2n) is 14.9. The quantitative estimate of drug-likeness (QED) is 0.114. The van der Waals surface area contributed by atoms with Crippen LogP contribution in [0.4, 0.5) is 0 Å². The van der Waals surface area contributed by atoms with E-state index in [0.29, 0.717) is 0 Å². The Bertz CT molecular complexity index is 2810. The van der Waals surface area contributed by atoms with E-state index in [9.17, 15) is 0 Å². The van der Waals surface area contributed by atoms with E-state index < -0.39 is 0 Å². The van der Waals surface area contributed by atoms with Gasteiger partial charge >= 0.3 is 0 Å². The fraction of sp³-hybridized carbons (Fsp3) is 0.0357. The predicted molar refractivity (Wildman–Crippen MR) is 240 cm³/mol. The van der Waals surface area contributed by atoms with E-state index >= 15 is 0 Å². The standard InChI is InChI=1S/C56H40/c1-38(53-37-45-20-8-9-21-46(45)47-22-10-11-23-48(47)53)40-32-34-44(35-33-40)56-51-26-14-12-24-49(51)55(50-25-13-15-27-52(50)56)43-30-28-39(29-31-43)36-54(41-16-4-2-5-17-41)42-18-6-3-7-19-42/h2-36,53H,1,37H2/t53-/m1/s1. The lowest BCUT2D eigenvalue weighted by atomic mass is 9.74. The monoisotopic (exact) mass is 712 g/mol. The summed E-state index contributed by atoms with van der Waals surface area (Å²) in [4.78, 5) is 0. The van der Waals surface area contributed by atoms with Gasteiger partial charge < -0.3 is 0 Å². The van der Waals surface area contributed by atoms with Gasteiger partial charge in [0.25, 0.3) is 0 Å². The Labute approximate surface area is 329 Å². The highest BCUT2D eigenvalue weighted by Crippen LogP contribution is 2.47. The molecule has 0 bridgehead atoms. The zero-order valence-corrected chi connectivity index (χ0v) is 31.2. The molecule has 264 valence electrons. The van der Waals surface area contributed by atoms with Crippen LogP contribution in [0.5, 0.6) is 0 Å². The maximum Gasteiger partial charge on any atom is 0.0136 e. The third kappa shape index (κ3) is 5.97. The highest BCUT2D eigenvalue weighted by Gasteiger charge is 2.27. The van der Waals surface area contributed by atoms with Gasteiger partial charge in [0.1, 0.15) is 0 Å². The minimum absolute atomic E-state index is 0.234. The van der Waals surface area contributed by atoms with Crippen molar-refractivity contribution >= 4 is 38.8 Å². The molecule has 1 atom stereocenters. The van der Waals surface area contributed by atoms with Crippen molar-refractivity contribution in [3.63, 3.8) is 0 Å². The minimum Gasteiger partial charge on any atom is -0.0946 e. The largest absolute Gasteiger partial charge is 0.0946 e. The van der Waals surface area contributed by atoms with Crippen LogP contribution in [0.25, 0.3) is 72.1 Å². The molecule has 0 aromatic heterocycles. The van der Waals surface area contributed by atoms with Crippen LogP contribution in [0.3, 0.4) is 0 Å². The van der Waals surface area contributed by atoms with E-state index in [2.05, 4.69) is 212 Å². The van der Waals surface area contributed by atoms with Gasteiger partial charge in [-0.05, 0) is 112 Å². The van der Waals surface area contributed by atoms with Crippen LogP contribution in [-0.4, -0.2) is 0 Å². The zero-order chi connectivity index (χ0) is 37.4. The summed E-state index contributed by atoms with van der Waals surface area (Å²) in [7, 11) is 0. The van der Waals surface area contributed by atoms with Gasteiger partial charge in [0.2, 0.25) is 0 Å². The first-order valence-corrected chi connectivity index (χ1v) is 19.5. The smallest absolute Gasteiger partial charge is 0.0136 e. The van der Waals surface area contributed by atoms with Gasteiger partial charge in [-0.2, -0.15) is 0 Å². The second-order valence-corrected chi connectivity index (χ2v) is 14.9. The number of rotatable bonds is 7. The topological polar surface area (TPSA) is 0 Å². The molecule has 0 heteroatoms. The first-order valence-electron chi connectivity index (χ1n) is 19.5. The molecule has 0 spiro atoms. The van der Waals surface area contributed by atoms with Crippen molar-refractivity contribution in [2.24, 2.45) is 0 Å². The van der Waals surface area contributed by atoms with Crippen LogP contribution >= 0.6 is 0 Å². The fourth-order valence-electron chi connectivity index (χ4n) is 8.93. The van der Waals surface area contributed by atoms with E-state index in [1.165, 1.54) is 99.5 Å². The SMILES string of the molecule is C=C(c1ccc(-c2c3ccccc3c(-c3ccc(C=C(c4ccccc4)c4ccccc4)cc3)c3ccccc23)cc1)[C@H]1Cc2ccccc2-c2ccccc21. The molecule has 0 nitrogen and oxygen atoms in total. The van der Waals surface area contributed by atoms with E-state index in [0.717, 1.165) is 6.42 Å². The zero-order valence-electron chi connectivity index (χ0n) is 31.2. The molecular weight excluding hydrogens is 673 g/mol. The number of fused-ring (bicyclic) bond motifs is 5. The molecule has 0 unspecified atom stereocenters. The molecule has 0 N–H and O–H groups in total. The van der Waals surface area contributed by atoms with Crippen LogP contribution in [0.2, 0.25) is 0 Å². The molecular formula is C56H40. The van der Waals surface area contributed by atoms with Gasteiger partial charge in [-0.1, -0.05) is 213 Å².